The summed E-state index contributed by atoms with van der Waals surface area (Å²) in [6.45, 7) is 4.11. The maximum Gasteiger partial charge on any atom is 0.411 e. The predicted octanol–water partition coefficient (Wildman–Crippen LogP) is 4.67. The van der Waals surface area contributed by atoms with Crippen LogP contribution in [0.4, 0.5) is 4.79 Å². The number of morpholine rings is 1. The van der Waals surface area contributed by atoms with Crippen LogP contribution in [0.5, 0.6) is 5.75 Å². The second-order valence-corrected chi connectivity index (χ2v) is 7.48. The van der Waals surface area contributed by atoms with Crippen LogP contribution in [-0.2, 0) is 16.1 Å². The van der Waals surface area contributed by atoms with E-state index in [1.165, 1.54) is 5.57 Å². The highest BCUT2D eigenvalue weighted by Gasteiger charge is 2.39. The fraction of sp³-hybridized carbons (Fsp3) is 0.375. The average molecular weight is 393 g/mol. The van der Waals surface area contributed by atoms with Crippen LogP contribution in [0.15, 0.2) is 60.7 Å². The third-order valence-corrected chi connectivity index (χ3v) is 5.29. The molecule has 2 heterocycles. The van der Waals surface area contributed by atoms with Gasteiger partial charge in [0.2, 0.25) is 0 Å². The van der Waals surface area contributed by atoms with Gasteiger partial charge in [0, 0.05) is 0 Å². The van der Waals surface area contributed by atoms with E-state index in [9.17, 15) is 4.79 Å². The summed E-state index contributed by atoms with van der Waals surface area (Å²) in [5, 5.41) is 0. The van der Waals surface area contributed by atoms with E-state index in [4.69, 9.17) is 14.2 Å². The van der Waals surface area contributed by atoms with Crippen LogP contribution in [0.1, 0.15) is 30.9 Å². The Morgan fingerprint density at radius 2 is 2.00 bits per heavy atom. The minimum atomic E-state index is -0.275. The van der Waals surface area contributed by atoms with Crippen LogP contribution in [0.25, 0.3) is 5.57 Å². The Hall–Kier alpha value is -2.79. The van der Waals surface area contributed by atoms with Gasteiger partial charge in [-0.1, -0.05) is 55.5 Å². The lowest BCUT2D eigenvalue weighted by Gasteiger charge is -2.43. The summed E-state index contributed by atoms with van der Waals surface area (Å²) in [5.74, 6) is 0.886. The van der Waals surface area contributed by atoms with Gasteiger partial charge in [-0.3, -0.25) is 4.90 Å². The number of rotatable bonds is 6. The van der Waals surface area contributed by atoms with Crippen molar-refractivity contribution in [2.75, 3.05) is 19.8 Å². The fourth-order valence-corrected chi connectivity index (χ4v) is 3.89. The molecule has 0 aromatic heterocycles. The van der Waals surface area contributed by atoms with Gasteiger partial charge in [-0.25, -0.2) is 4.79 Å². The van der Waals surface area contributed by atoms with E-state index in [0.29, 0.717) is 19.8 Å². The molecule has 152 valence electrons. The average Bonchev–Trinajstić information content (AvgIpc) is 2.76. The first kappa shape index (κ1) is 19.5. The highest BCUT2D eigenvalue weighted by molar-refractivity contribution is 5.75. The van der Waals surface area contributed by atoms with E-state index in [-0.39, 0.29) is 24.8 Å². The number of benzene rings is 2. The van der Waals surface area contributed by atoms with Crippen molar-refractivity contribution in [1.82, 2.24) is 4.90 Å². The Kier molecular flexibility index (Phi) is 6.15. The maximum absolute atomic E-state index is 12.8. The minimum Gasteiger partial charge on any atom is -0.494 e. The fourth-order valence-electron chi connectivity index (χ4n) is 3.89. The number of carbonyl (C=O) groups excluding carboxylic acids is 1. The van der Waals surface area contributed by atoms with E-state index in [0.717, 1.165) is 29.7 Å². The monoisotopic (exact) mass is 393 g/mol. The van der Waals surface area contributed by atoms with Crippen LogP contribution in [-0.4, -0.2) is 42.9 Å². The molecule has 2 aromatic rings. The summed E-state index contributed by atoms with van der Waals surface area (Å²) in [6, 6.07) is 17.8. The first-order chi connectivity index (χ1) is 14.2. The lowest BCUT2D eigenvalue weighted by atomic mass is 9.90. The Bertz CT molecular complexity index is 864. The summed E-state index contributed by atoms with van der Waals surface area (Å²) < 4.78 is 17.1. The van der Waals surface area contributed by atoms with Crippen molar-refractivity contribution in [2.24, 2.45) is 0 Å². The molecule has 2 unspecified atom stereocenters. The molecule has 29 heavy (non-hydrogen) atoms. The summed E-state index contributed by atoms with van der Waals surface area (Å²) in [5.41, 5.74) is 3.37. The number of ether oxygens (including phenoxy) is 3. The molecule has 2 bridgehead atoms. The van der Waals surface area contributed by atoms with Gasteiger partial charge in [0.05, 0.1) is 31.9 Å². The van der Waals surface area contributed by atoms with Gasteiger partial charge in [0.25, 0.3) is 0 Å². The SMILES string of the molecule is CCCOc1cccc(C2=CC3COCC(C2)N3C(=O)OCc2ccccc2)c1. The molecule has 2 aromatic carbocycles. The van der Waals surface area contributed by atoms with Crippen LogP contribution in [0, 0.1) is 0 Å². The molecule has 0 saturated carbocycles. The summed E-state index contributed by atoms with van der Waals surface area (Å²) in [4.78, 5) is 14.6. The first-order valence-corrected chi connectivity index (χ1v) is 10.3. The van der Waals surface area contributed by atoms with E-state index in [1.807, 2.05) is 47.4 Å². The van der Waals surface area contributed by atoms with E-state index in [1.54, 1.807) is 0 Å². The third-order valence-electron chi connectivity index (χ3n) is 5.29. The quantitative estimate of drug-likeness (QED) is 0.716. The molecule has 1 saturated heterocycles. The Morgan fingerprint density at radius 1 is 1.14 bits per heavy atom. The summed E-state index contributed by atoms with van der Waals surface area (Å²) >= 11 is 0. The standard InChI is InChI=1S/C24H27NO4/c1-2-11-28-23-10-6-9-19(14-23)20-12-21-16-27-17-22(13-20)25(21)24(26)29-15-18-7-4-3-5-8-18/h3-10,12,14,21-22H,2,11,13,15-17H2,1H3. The van der Waals surface area contributed by atoms with Gasteiger partial charge in [-0.05, 0) is 41.7 Å². The lowest BCUT2D eigenvalue weighted by Crippen LogP contribution is -2.56. The topological polar surface area (TPSA) is 48.0 Å². The van der Waals surface area contributed by atoms with Gasteiger partial charge in [0.15, 0.2) is 0 Å². The maximum atomic E-state index is 12.8. The third kappa shape index (κ3) is 4.62. The van der Waals surface area contributed by atoms with Crippen LogP contribution in [0.2, 0.25) is 0 Å². The summed E-state index contributed by atoms with van der Waals surface area (Å²) in [7, 11) is 0. The number of amides is 1. The second kappa shape index (κ2) is 9.14. The van der Waals surface area contributed by atoms with Crippen molar-refractivity contribution in [3.8, 4) is 5.75 Å². The minimum absolute atomic E-state index is 0.0164. The van der Waals surface area contributed by atoms with Gasteiger partial charge >= 0.3 is 6.09 Å². The van der Waals surface area contributed by atoms with Crippen LogP contribution in [0.3, 0.4) is 0 Å². The van der Waals surface area contributed by atoms with Crippen LogP contribution < -0.4 is 4.74 Å². The van der Waals surface area contributed by atoms with Gasteiger partial charge < -0.3 is 14.2 Å². The molecule has 2 aliphatic rings. The van der Waals surface area contributed by atoms with Crippen molar-refractivity contribution in [3.63, 3.8) is 0 Å². The zero-order valence-electron chi connectivity index (χ0n) is 16.8. The number of nitrogens with zero attached hydrogens (tertiary/aromatic N) is 1. The van der Waals surface area contributed by atoms with Gasteiger partial charge in [-0.15, -0.1) is 0 Å². The lowest BCUT2D eigenvalue weighted by molar-refractivity contribution is -0.0342. The molecular weight excluding hydrogens is 366 g/mol. The molecule has 5 heteroatoms. The van der Waals surface area contributed by atoms with Gasteiger partial charge in [0.1, 0.15) is 12.4 Å². The Balaban J connectivity index is 1.47. The predicted molar refractivity (Wildman–Crippen MR) is 112 cm³/mol. The molecule has 0 N–H and O–H groups in total. The molecule has 0 aliphatic carbocycles. The molecule has 2 atom stereocenters. The highest BCUT2D eigenvalue weighted by atomic mass is 16.6. The molecular formula is C24H27NO4. The van der Waals surface area contributed by atoms with Crippen molar-refractivity contribution in [2.45, 2.75) is 38.5 Å². The molecule has 2 aliphatic heterocycles. The van der Waals surface area contributed by atoms with Crippen molar-refractivity contribution >= 4 is 11.7 Å². The van der Waals surface area contributed by atoms with Crippen molar-refractivity contribution < 1.29 is 19.0 Å². The van der Waals surface area contributed by atoms with E-state index < -0.39 is 0 Å². The molecule has 5 nitrogen and oxygen atoms in total. The molecule has 1 amide bonds. The first-order valence-electron chi connectivity index (χ1n) is 10.3. The number of carbonyl (C=O) groups is 1. The smallest absolute Gasteiger partial charge is 0.411 e. The van der Waals surface area contributed by atoms with Crippen LogP contribution >= 0.6 is 0 Å². The number of hydrogen-bond donors (Lipinski definition) is 0. The number of hydrogen-bond acceptors (Lipinski definition) is 4. The second-order valence-electron chi connectivity index (χ2n) is 7.48. The Labute approximate surface area is 171 Å². The van der Waals surface area contributed by atoms with Crippen molar-refractivity contribution in [1.29, 1.82) is 0 Å². The zero-order valence-corrected chi connectivity index (χ0v) is 16.8. The van der Waals surface area contributed by atoms with Crippen molar-refractivity contribution in [3.05, 3.63) is 71.8 Å². The molecule has 1 fully saturated rings. The van der Waals surface area contributed by atoms with E-state index >= 15 is 0 Å². The Morgan fingerprint density at radius 3 is 2.79 bits per heavy atom. The molecule has 0 radical (unpaired) electrons. The molecule has 4 rings (SSSR count). The highest BCUT2D eigenvalue weighted by Crippen LogP contribution is 2.34. The number of fused-ring (bicyclic) bond motifs is 2. The normalized spacial score (nSPS) is 20.7. The summed E-state index contributed by atoms with van der Waals surface area (Å²) in [6.07, 6.45) is 3.59. The van der Waals surface area contributed by atoms with E-state index in [2.05, 4.69) is 25.1 Å². The largest absolute Gasteiger partial charge is 0.494 e. The van der Waals surface area contributed by atoms with Gasteiger partial charge in [-0.2, -0.15) is 0 Å². The zero-order chi connectivity index (χ0) is 20.1. The molecule has 0 spiro atoms.